The summed E-state index contributed by atoms with van der Waals surface area (Å²) < 4.78 is 5.53. The molecule has 1 aromatic carbocycles. The number of halogens is 1. The fourth-order valence-corrected chi connectivity index (χ4v) is 2.07. The third kappa shape index (κ3) is 5.09. The number of nitrogens with one attached hydrogen (secondary N) is 1. The van der Waals surface area contributed by atoms with Gasteiger partial charge in [0.05, 0.1) is 12.6 Å². The first kappa shape index (κ1) is 15.8. The van der Waals surface area contributed by atoms with E-state index in [0.29, 0.717) is 13.1 Å². The Kier molecular flexibility index (Phi) is 6.67. The Morgan fingerprint density at radius 2 is 2.16 bits per heavy atom. The summed E-state index contributed by atoms with van der Waals surface area (Å²) in [5, 5.41) is 3.14. The monoisotopic (exact) mass is 284 g/mol. The Morgan fingerprint density at radius 1 is 1.42 bits per heavy atom. The number of hydrogen-bond donors (Lipinski definition) is 1. The van der Waals surface area contributed by atoms with Crippen LogP contribution in [-0.4, -0.2) is 43.2 Å². The number of para-hydroxylation sites is 1. The van der Waals surface area contributed by atoms with Gasteiger partial charge >= 0.3 is 0 Å². The van der Waals surface area contributed by atoms with Crippen LogP contribution in [0.2, 0.25) is 0 Å². The predicted molar refractivity (Wildman–Crippen MR) is 78.8 cm³/mol. The van der Waals surface area contributed by atoms with Crippen molar-refractivity contribution >= 4 is 24.0 Å². The molecule has 19 heavy (non-hydrogen) atoms. The molecule has 2 rings (SSSR count). The lowest BCUT2D eigenvalue weighted by Crippen LogP contribution is -2.39. The van der Waals surface area contributed by atoms with E-state index >= 15 is 0 Å². The minimum absolute atomic E-state index is 0. The minimum atomic E-state index is 0. The lowest BCUT2D eigenvalue weighted by molar-refractivity contribution is -0.129. The van der Waals surface area contributed by atoms with Gasteiger partial charge in [-0.05, 0) is 25.5 Å². The summed E-state index contributed by atoms with van der Waals surface area (Å²) in [7, 11) is 0. The minimum Gasteiger partial charge on any atom is -0.377 e. The van der Waals surface area contributed by atoms with Crippen molar-refractivity contribution in [2.24, 2.45) is 0 Å². The van der Waals surface area contributed by atoms with Gasteiger partial charge in [-0.2, -0.15) is 0 Å². The Hall–Kier alpha value is -1.26. The Balaban J connectivity index is 0.00000180. The molecule has 0 radical (unpaired) electrons. The Bertz CT molecular complexity index is 386. The molecular weight excluding hydrogens is 264 g/mol. The first-order valence-corrected chi connectivity index (χ1v) is 6.44. The van der Waals surface area contributed by atoms with Crippen LogP contribution in [0, 0.1) is 0 Å². The molecule has 5 heteroatoms. The van der Waals surface area contributed by atoms with Gasteiger partial charge in [-0.3, -0.25) is 4.79 Å². The number of nitrogens with zero attached hydrogens (tertiary/aromatic N) is 1. The molecule has 1 aromatic rings. The second kappa shape index (κ2) is 8.02. The molecule has 106 valence electrons. The molecule has 1 heterocycles. The van der Waals surface area contributed by atoms with Gasteiger partial charge in [0.25, 0.3) is 0 Å². The van der Waals surface area contributed by atoms with Crippen molar-refractivity contribution in [2.45, 2.75) is 19.4 Å². The van der Waals surface area contributed by atoms with Gasteiger partial charge in [0.2, 0.25) is 5.91 Å². The normalized spacial score (nSPS) is 19.2. The van der Waals surface area contributed by atoms with E-state index in [2.05, 4.69) is 5.32 Å². The molecule has 1 aliphatic rings. The average Bonchev–Trinajstić information content (AvgIpc) is 2.62. The maximum Gasteiger partial charge on any atom is 0.241 e. The number of benzene rings is 1. The highest BCUT2D eigenvalue weighted by Gasteiger charge is 2.19. The fourth-order valence-electron chi connectivity index (χ4n) is 2.07. The Labute approximate surface area is 120 Å². The SMILES string of the molecule is CC1CN(C(=O)CNc2ccccc2)CCCO1.Cl. The Morgan fingerprint density at radius 3 is 2.89 bits per heavy atom. The van der Waals surface area contributed by atoms with Crippen LogP contribution in [-0.2, 0) is 9.53 Å². The number of ether oxygens (including phenoxy) is 1. The van der Waals surface area contributed by atoms with Crippen LogP contribution in [0.5, 0.6) is 0 Å². The first-order chi connectivity index (χ1) is 8.75. The zero-order valence-corrected chi connectivity index (χ0v) is 12.0. The van der Waals surface area contributed by atoms with E-state index < -0.39 is 0 Å². The average molecular weight is 285 g/mol. The predicted octanol–water partition coefficient (Wildman–Crippen LogP) is 2.16. The van der Waals surface area contributed by atoms with Crippen LogP contribution >= 0.6 is 12.4 Å². The van der Waals surface area contributed by atoms with Crippen molar-refractivity contribution in [1.82, 2.24) is 4.90 Å². The molecular formula is C14H21ClN2O2. The molecule has 1 amide bonds. The van der Waals surface area contributed by atoms with Crippen LogP contribution in [0.4, 0.5) is 5.69 Å². The van der Waals surface area contributed by atoms with E-state index in [1.807, 2.05) is 42.2 Å². The number of hydrogen-bond acceptors (Lipinski definition) is 3. The maximum atomic E-state index is 12.1. The highest BCUT2D eigenvalue weighted by Crippen LogP contribution is 2.07. The smallest absolute Gasteiger partial charge is 0.241 e. The summed E-state index contributed by atoms with van der Waals surface area (Å²) in [5.41, 5.74) is 0.977. The second-order valence-electron chi connectivity index (χ2n) is 4.59. The van der Waals surface area contributed by atoms with Crippen LogP contribution < -0.4 is 5.32 Å². The first-order valence-electron chi connectivity index (χ1n) is 6.44. The van der Waals surface area contributed by atoms with Crippen LogP contribution in [0.25, 0.3) is 0 Å². The third-order valence-electron chi connectivity index (χ3n) is 3.02. The molecule has 4 nitrogen and oxygen atoms in total. The van der Waals surface area contributed by atoms with E-state index in [1.165, 1.54) is 0 Å². The summed E-state index contributed by atoms with van der Waals surface area (Å²) in [6.07, 6.45) is 1.05. The van der Waals surface area contributed by atoms with Gasteiger partial charge in [0.15, 0.2) is 0 Å². The summed E-state index contributed by atoms with van der Waals surface area (Å²) in [6, 6.07) is 9.78. The molecule has 1 fully saturated rings. The number of carbonyl (C=O) groups is 1. The molecule has 0 spiro atoms. The zero-order valence-electron chi connectivity index (χ0n) is 11.2. The van der Waals surface area contributed by atoms with Gasteiger partial charge < -0.3 is 15.0 Å². The van der Waals surface area contributed by atoms with Gasteiger partial charge in [-0.1, -0.05) is 18.2 Å². The van der Waals surface area contributed by atoms with E-state index in [1.54, 1.807) is 0 Å². The summed E-state index contributed by atoms with van der Waals surface area (Å²) >= 11 is 0. The lowest BCUT2D eigenvalue weighted by Gasteiger charge is -2.22. The van der Waals surface area contributed by atoms with Crippen molar-refractivity contribution in [3.63, 3.8) is 0 Å². The van der Waals surface area contributed by atoms with E-state index in [-0.39, 0.29) is 24.4 Å². The molecule has 1 atom stereocenters. The van der Waals surface area contributed by atoms with Gasteiger partial charge in [-0.15, -0.1) is 12.4 Å². The molecule has 0 aliphatic carbocycles. The lowest BCUT2D eigenvalue weighted by atomic mass is 10.3. The number of anilines is 1. The largest absolute Gasteiger partial charge is 0.377 e. The molecule has 0 saturated carbocycles. The van der Waals surface area contributed by atoms with E-state index in [9.17, 15) is 4.79 Å². The summed E-state index contributed by atoms with van der Waals surface area (Å²) in [4.78, 5) is 14.0. The maximum absolute atomic E-state index is 12.1. The van der Waals surface area contributed by atoms with Crippen LogP contribution in [0.1, 0.15) is 13.3 Å². The molecule has 0 bridgehead atoms. The molecule has 1 aliphatic heterocycles. The second-order valence-corrected chi connectivity index (χ2v) is 4.59. The highest BCUT2D eigenvalue weighted by molar-refractivity contribution is 5.85. The highest BCUT2D eigenvalue weighted by atomic mass is 35.5. The zero-order chi connectivity index (χ0) is 12.8. The molecule has 1 N–H and O–H groups in total. The molecule has 1 saturated heterocycles. The van der Waals surface area contributed by atoms with E-state index in [0.717, 1.165) is 25.3 Å². The number of rotatable bonds is 3. The molecule has 1 unspecified atom stereocenters. The van der Waals surface area contributed by atoms with Crippen molar-refractivity contribution in [2.75, 3.05) is 31.6 Å². The molecule has 0 aromatic heterocycles. The quantitative estimate of drug-likeness (QED) is 0.925. The van der Waals surface area contributed by atoms with Gasteiger partial charge in [-0.25, -0.2) is 0 Å². The summed E-state index contributed by atoms with van der Waals surface area (Å²) in [6.45, 7) is 4.58. The van der Waals surface area contributed by atoms with Gasteiger partial charge in [0.1, 0.15) is 0 Å². The standard InChI is InChI=1S/C14H20N2O2.ClH/c1-12-11-16(8-5-9-18-12)14(17)10-15-13-6-3-2-4-7-13;/h2-4,6-7,12,15H,5,8-11H2,1H3;1H. The van der Waals surface area contributed by atoms with E-state index in [4.69, 9.17) is 4.74 Å². The van der Waals surface area contributed by atoms with Crippen LogP contribution in [0.3, 0.4) is 0 Å². The van der Waals surface area contributed by atoms with Crippen molar-refractivity contribution in [3.8, 4) is 0 Å². The van der Waals surface area contributed by atoms with Crippen LogP contribution in [0.15, 0.2) is 30.3 Å². The van der Waals surface area contributed by atoms with Gasteiger partial charge in [0, 0.05) is 25.4 Å². The third-order valence-corrected chi connectivity index (χ3v) is 3.02. The summed E-state index contributed by atoms with van der Waals surface area (Å²) in [5.74, 6) is 0.135. The van der Waals surface area contributed by atoms with Crippen molar-refractivity contribution in [1.29, 1.82) is 0 Å². The topological polar surface area (TPSA) is 41.6 Å². The fraction of sp³-hybridized carbons (Fsp3) is 0.500. The number of carbonyl (C=O) groups excluding carboxylic acids is 1. The van der Waals surface area contributed by atoms with Crippen molar-refractivity contribution in [3.05, 3.63) is 30.3 Å². The van der Waals surface area contributed by atoms with Crippen molar-refractivity contribution < 1.29 is 9.53 Å². The number of amides is 1.